The molecule has 0 aromatic carbocycles. The number of hydrogen-bond donors (Lipinski definition) is 1. The van der Waals surface area contributed by atoms with E-state index in [1.54, 1.807) is 14.2 Å². The van der Waals surface area contributed by atoms with Crippen LogP contribution in [0.2, 0.25) is 0 Å². The molecule has 0 aliphatic carbocycles. The number of nitrogens with one attached hydrogen (secondary N) is 1. The topological polar surface area (TPSA) is 65.5 Å². The molecule has 0 saturated heterocycles. The highest BCUT2D eigenvalue weighted by molar-refractivity contribution is 5.54. The van der Waals surface area contributed by atoms with Gasteiger partial charge >= 0.3 is 0 Å². The van der Waals surface area contributed by atoms with Crippen molar-refractivity contribution in [2.75, 3.05) is 32.7 Å². The van der Waals surface area contributed by atoms with Gasteiger partial charge in [0.2, 0.25) is 5.75 Å². The molecule has 0 atom stereocenters. The van der Waals surface area contributed by atoms with Crippen molar-refractivity contribution in [3.63, 3.8) is 0 Å². The lowest BCUT2D eigenvalue weighted by Gasteiger charge is -2.22. The average Bonchev–Trinajstić information content (AvgIpc) is 2.45. The van der Waals surface area contributed by atoms with Crippen molar-refractivity contribution in [3.8, 4) is 11.6 Å². The molecule has 0 spiro atoms. The summed E-state index contributed by atoms with van der Waals surface area (Å²) in [6, 6.07) is 0. The van der Waals surface area contributed by atoms with Gasteiger partial charge in [-0.05, 0) is 20.3 Å². The molecule has 1 aromatic heterocycles. The molecule has 114 valence electrons. The Hall–Kier alpha value is -1.56. The largest absolute Gasteiger partial charge is 0.489 e. The lowest BCUT2D eigenvalue weighted by molar-refractivity contribution is 0.00485. The third-order valence-electron chi connectivity index (χ3n) is 3.01. The smallest absolute Gasteiger partial charge is 0.262 e. The van der Waals surface area contributed by atoms with Gasteiger partial charge in [-0.1, -0.05) is 6.92 Å². The summed E-state index contributed by atoms with van der Waals surface area (Å²) in [7, 11) is 3.28. The van der Waals surface area contributed by atoms with Gasteiger partial charge in [-0.2, -0.15) is 4.98 Å². The maximum absolute atomic E-state index is 5.69. The van der Waals surface area contributed by atoms with Gasteiger partial charge in [0.1, 0.15) is 6.33 Å². The lowest BCUT2D eigenvalue weighted by Crippen LogP contribution is -2.25. The molecule has 0 aliphatic heterocycles. The van der Waals surface area contributed by atoms with Gasteiger partial charge in [-0.3, -0.25) is 0 Å². The van der Waals surface area contributed by atoms with Gasteiger partial charge in [0, 0.05) is 20.1 Å². The molecule has 1 N–H and O–H groups in total. The van der Waals surface area contributed by atoms with Crippen LogP contribution in [0, 0.1) is 0 Å². The standard InChI is InChI=1S/C14H25N3O3/c1-6-8-15-12-11(18-4)13(17-10-16-12)20-9-7-14(2,3)19-5/h10H,6-9H2,1-5H3,(H,15,16,17). The zero-order chi connectivity index (χ0) is 15.0. The predicted molar refractivity (Wildman–Crippen MR) is 78.6 cm³/mol. The fourth-order valence-electron chi connectivity index (χ4n) is 1.51. The third-order valence-corrected chi connectivity index (χ3v) is 3.01. The Bertz CT molecular complexity index is 411. The Labute approximate surface area is 120 Å². The fraction of sp³-hybridized carbons (Fsp3) is 0.714. The van der Waals surface area contributed by atoms with Crippen LogP contribution in [0.15, 0.2) is 6.33 Å². The number of hydrogen-bond acceptors (Lipinski definition) is 6. The first-order valence-electron chi connectivity index (χ1n) is 6.85. The summed E-state index contributed by atoms with van der Waals surface area (Å²) in [6.07, 6.45) is 3.23. The summed E-state index contributed by atoms with van der Waals surface area (Å²) >= 11 is 0. The predicted octanol–water partition coefficient (Wildman–Crippen LogP) is 2.50. The Morgan fingerprint density at radius 2 is 2.00 bits per heavy atom. The maximum atomic E-state index is 5.69. The van der Waals surface area contributed by atoms with Crippen molar-refractivity contribution in [2.24, 2.45) is 0 Å². The van der Waals surface area contributed by atoms with Crippen LogP contribution in [0.25, 0.3) is 0 Å². The van der Waals surface area contributed by atoms with Gasteiger partial charge < -0.3 is 19.5 Å². The van der Waals surface area contributed by atoms with Gasteiger partial charge in [-0.15, -0.1) is 0 Å². The summed E-state index contributed by atoms with van der Waals surface area (Å²) in [5.41, 5.74) is -0.219. The van der Waals surface area contributed by atoms with Crippen molar-refractivity contribution < 1.29 is 14.2 Å². The van der Waals surface area contributed by atoms with Crippen LogP contribution < -0.4 is 14.8 Å². The number of methoxy groups -OCH3 is 2. The Balaban J connectivity index is 2.69. The van der Waals surface area contributed by atoms with Crippen molar-refractivity contribution in [1.29, 1.82) is 0 Å². The first kappa shape index (κ1) is 16.5. The number of ether oxygens (including phenoxy) is 3. The van der Waals surface area contributed by atoms with E-state index in [9.17, 15) is 0 Å². The van der Waals surface area contributed by atoms with E-state index in [0.717, 1.165) is 19.4 Å². The van der Waals surface area contributed by atoms with E-state index in [2.05, 4.69) is 22.2 Å². The van der Waals surface area contributed by atoms with Crippen LogP contribution >= 0.6 is 0 Å². The molecular formula is C14H25N3O3. The second-order valence-electron chi connectivity index (χ2n) is 5.05. The van der Waals surface area contributed by atoms with E-state index in [0.29, 0.717) is 24.1 Å². The molecule has 6 heteroatoms. The summed E-state index contributed by atoms with van der Waals surface area (Å²) in [5, 5.41) is 3.19. The monoisotopic (exact) mass is 283 g/mol. The van der Waals surface area contributed by atoms with E-state index >= 15 is 0 Å². The molecule has 0 amide bonds. The lowest BCUT2D eigenvalue weighted by atomic mass is 10.1. The average molecular weight is 283 g/mol. The van der Waals surface area contributed by atoms with Gasteiger partial charge in [0.25, 0.3) is 5.88 Å². The first-order valence-corrected chi connectivity index (χ1v) is 6.85. The van der Waals surface area contributed by atoms with Crippen LogP contribution in [-0.2, 0) is 4.74 Å². The Morgan fingerprint density at radius 1 is 1.25 bits per heavy atom. The van der Waals surface area contributed by atoms with E-state index in [1.165, 1.54) is 6.33 Å². The maximum Gasteiger partial charge on any atom is 0.262 e. The third kappa shape index (κ3) is 4.85. The normalized spacial score (nSPS) is 11.2. The summed E-state index contributed by atoms with van der Waals surface area (Å²) < 4.78 is 16.4. The molecule has 0 bridgehead atoms. The highest BCUT2D eigenvalue weighted by Gasteiger charge is 2.18. The van der Waals surface area contributed by atoms with Crippen LogP contribution in [0.1, 0.15) is 33.6 Å². The molecule has 1 heterocycles. The minimum absolute atomic E-state index is 0.219. The second-order valence-corrected chi connectivity index (χ2v) is 5.05. The number of nitrogens with zero attached hydrogens (tertiary/aromatic N) is 2. The van der Waals surface area contributed by atoms with Gasteiger partial charge in [0.05, 0.1) is 19.3 Å². The highest BCUT2D eigenvalue weighted by Crippen LogP contribution is 2.31. The van der Waals surface area contributed by atoms with Crippen LogP contribution in [0.4, 0.5) is 5.82 Å². The second kappa shape index (κ2) is 7.89. The van der Waals surface area contributed by atoms with Crippen LogP contribution in [0.5, 0.6) is 11.6 Å². The van der Waals surface area contributed by atoms with E-state index < -0.39 is 0 Å². The molecule has 1 rings (SSSR count). The number of anilines is 1. The van der Waals surface area contributed by atoms with Crippen LogP contribution in [0.3, 0.4) is 0 Å². The van der Waals surface area contributed by atoms with Gasteiger partial charge in [-0.25, -0.2) is 4.98 Å². The first-order chi connectivity index (χ1) is 9.54. The van der Waals surface area contributed by atoms with Crippen molar-refractivity contribution in [2.45, 2.75) is 39.2 Å². The number of aromatic nitrogens is 2. The Morgan fingerprint density at radius 3 is 2.60 bits per heavy atom. The molecule has 0 saturated carbocycles. The molecule has 1 aromatic rings. The summed E-state index contributed by atoms with van der Waals surface area (Å²) in [5.74, 6) is 1.65. The zero-order valence-electron chi connectivity index (χ0n) is 13.0. The SMILES string of the molecule is CCCNc1ncnc(OCCC(C)(C)OC)c1OC. The minimum Gasteiger partial charge on any atom is -0.489 e. The number of rotatable bonds is 9. The highest BCUT2D eigenvalue weighted by atomic mass is 16.5. The van der Waals surface area contributed by atoms with Crippen molar-refractivity contribution in [1.82, 2.24) is 9.97 Å². The molecule has 0 radical (unpaired) electrons. The molecule has 0 unspecified atom stereocenters. The quantitative estimate of drug-likeness (QED) is 0.751. The molecular weight excluding hydrogens is 258 g/mol. The Kier molecular flexibility index (Phi) is 6.51. The molecule has 0 fully saturated rings. The molecule has 6 nitrogen and oxygen atoms in total. The van der Waals surface area contributed by atoms with Crippen molar-refractivity contribution in [3.05, 3.63) is 6.33 Å². The fourth-order valence-corrected chi connectivity index (χ4v) is 1.51. The van der Waals surface area contributed by atoms with Gasteiger partial charge in [0.15, 0.2) is 5.82 Å². The molecule has 20 heavy (non-hydrogen) atoms. The molecule has 0 aliphatic rings. The zero-order valence-corrected chi connectivity index (χ0v) is 13.0. The minimum atomic E-state index is -0.219. The van der Waals surface area contributed by atoms with E-state index in [-0.39, 0.29) is 5.60 Å². The van der Waals surface area contributed by atoms with E-state index in [4.69, 9.17) is 14.2 Å². The van der Waals surface area contributed by atoms with Crippen molar-refractivity contribution >= 4 is 5.82 Å². The van der Waals surface area contributed by atoms with Crippen LogP contribution in [-0.4, -0.2) is 42.9 Å². The summed E-state index contributed by atoms with van der Waals surface area (Å²) in [6.45, 7) is 7.44. The van der Waals surface area contributed by atoms with E-state index in [1.807, 2.05) is 13.8 Å². The summed E-state index contributed by atoms with van der Waals surface area (Å²) in [4.78, 5) is 8.29.